The number of hydrogen-bond acceptors (Lipinski definition) is 5. The highest BCUT2D eigenvalue weighted by Crippen LogP contribution is 2.32. The number of morpholine rings is 1. The molecule has 3 rings (SSSR count). The minimum atomic E-state index is -0.287. The molecule has 2 aliphatic heterocycles. The largest absolute Gasteiger partial charge is 0.379 e. The van der Waals surface area contributed by atoms with Gasteiger partial charge in [0.1, 0.15) is 5.69 Å². The molecule has 0 spiro atoms. The Kier molecular flexibility index (Phi) is 4.36. The van der Waals surface area contributed by atoms with Crippen LogP contribution >= 0.6 is 0 Å². The van der Waals surface area contributed by atoms with Gasteiger partial charge in [0.25, 0.3) is 5.69 Å². The summed E-state index contributed by atoms with van der Waals surface area (Å²) in [6.07, 6.45) is 1.10. The third-order valence-electron chi connectivity index (χ3n) is 4.33. The Morgan fingerprint density at radius 1 is 1.24 bits per heavy atom. The van der Waals surface area contributed by atoms with Crippen LogP contribution in [-0.2, 0) is 4.74 Å². The minimum absolute atomic E-state index is 0.213. The highest BCUT2D eigenvalue weighted by molar-refractivity contribution is 5.63. The SMILES string of the molecule is O=[N+]([O-])c1ccccc1N1CC[C@H](CN2CCOCC2)C1. The Hall–Kier alpha value is -1.66. The number of nitro benzene ring substituents is 1. The number of ether oxygens (including phenoxy) is 1. The van der Waals surface area contributed by atoms with Crippen molar-refractivity contribution in [2.24, 2.45) is 5.92 Å². The summed E-state index contributed by atoms with van der Waals surface area (Å²) in [5.41, 5.74) is 0.969. The summed E-state index contributed by atoms with van der Waals surface area (Å²) in [5.74, 6) is 0.586. The Labute approximate surface area is 124 Å². The number of nitro groups is 1. The normalized spacial score (nSPS) is 23.4. The number of hydrogen-bond donors (Lipinski definition) is 0. The van der Waals surface area contributed by atoms with Crippen LogP contribution in [0.5, 0.6) is 0 Å². The molecule has 6 heteroatoms. The predicted molar refractivity (Wildman–Crippen MR) is 80.7 cm³/mol. The molecule has 0 unspecified atom stereocenters. The van der Waals surface area contributed by atoms with E-state index in [2.05, 4.69) is 9.80 Å². The van der Waals surface area contributed by atoms with Crippen molar-refractivity contribution >= 4 is 11.4 Å². The van der Waals surface area contributed by atoms with Crippen molar-refractivity contribution in [3.05, 3.63) is 34.4 Å². The molecule has 0 aliphatic carbocycles. The molecule has 114 valence electrons. The van der Waals surface area contributed by atoms with Crippen LogP contribution in [0.4, 0.5) is 11.4 Å². The zero-order valence-corrected chi connectivity index (χ0v) is 12.1. The average molecular weight is 291 g/mol. The quantitative estimate of drug-likeness (QED) is 0.625. The van der Waals surface area contributed by atoms with E-state index in [0.29, 0.717) is 5.92 Å². The van der Waals surface area contributed by atoms with Crippen molar-refractivity contribution in [3.63, 3.8) is 0 Å². The molecule has 0 radical (unpaired) electrons. The molecular weight excluding hydrogens is 270 g/mol. The summed E-state index contributed by atoms with van der Waals surface area (Å²) in [6.45, 7) is 6.52. The molecule has 2 saturated heterocycles. The van der Waals surface area contributed by atoms with E-state index >= 15 is 0 Å². The fourth-order valence-electron chi connectivity index (χ4n) is 3.24. The van der Waals surface area contributed by atoms with E-state index in [1.165, 1.54) is 0 Å². The second-order valence-electron chi connectivity index (χ2n) is 5.76. The highest BCUT2D eigenvalue weighted by Gasteiger charge is 2.28. The van der Waals surface area contributed by atoms with Crippen LogP contribution in [0.3, 0.4) is 0 Å². The first kappa shape index (κ1) is 14.3. The molecule has 2 aliphatic rings. The lowest BCUT2D eigenvalue weighted by Gasteiger charge is -2.29. The predicted octanol–water partition coefficient (Wildman–Crippen LogP) is 1.75. The first-order chi connectivity index (χ1) is 10.2. The van der Waals surface area contributed by atoms with Crippen LogP contribution < -0.4 is 4.90 Å². The Morgan fingerprint density at radius 2 is 2.00 bits per heavy atom. The smallest absolute Gasteiger partial charge is 0.292 e. The van der Waals surface area contributed by atoms with E-state index in [9.17, 15) is 10.1 Å². The molecular formula is C15H21N3O3. The zero-order valence-electron chi connectivity index (χ0n) is 12.1. The van der Waals surface area contributed by atoms with E-state index in [0.717, 1.165) is 58.0 Å². The first-order valence-electron chi connectivity index (χ1n) is 7.52. The zero-order chi connectivity index (χ0) is 14.7. The van der Waals surface area contributed by atoms with Gasteiger partial charge in [-0.3, -0.25) is 15.0 Å². The van der Waals surface area contributed by atoms with Crippen molar-refractivity contribution in [1.29, 1.82) is 0 Å². The molecule has 1 aromatic carbocycles. The lowest BCUT2D eigenvalue weighted by molar-refractivity contribution is -0.384. The monoisotopic (exact) mass is 291 g/mol. The van der Waals surface area contributed by atoms with Gasteiger partial charge >= 0.3 is 0 Å². The van der Waals surface area contributed by atoms with Crippen LogP contribution in [0, 0.1) is 16.0 Å². The van der Waals surface area contributed by atoms with Crippen molar-refractivity contribution in [2.45, 2.75) is 6.42 Å². The van der Waals surface area contributed by atoms with Crippen LogP contribution in [0.15, 0.2) is 24.3 Å². The Bertz CT molecular complexity index is 503. The van der Waals surface area contributed by atoms with Crippen molar-refractivity contribution in [1.82, 2.24) is 4.90 Å². The number of nitrogens with zero attached hydrogens (tertiary/aromatic N) is 3. The van der Waals surface area contributed by atoms with Gasteiger partial charge in [-0.05, 0) is 18.4 Å². The fraction of sp³-hybridized carbons (Fsp3) is 0.600. The summed E-state index contributed by atoms with van der Waals surface area (Å²) in [4.78, 5) is 15.4. The minimum Gasteiger partial charge on any atom is -0.379 e. The third-order valence-corrected chi connectivity index (χ3v) is 4.33. The maximum absolute atomic E-state index is 11.1. The summed E-state index contributed by atoms with van der Waals surface area (Å²) in [7, 11) is 0. The van der Waals surface area contributed by atoms with E-state index in [1.54, 1.807) is 12.1 Å². The van der Waals surface area contributed by atoms with Crippen LogP contribution in [0.25, 0.3) is 0 Å². The molecule has 0 aromatic heterocycles. The topological polar surface area (TPSA) is 58.9 Å². The van der Waals surface area contributed by atoms with Crippen LogP contribution in [-0.4, -0.2) is 55.8 Å². The van der Waals surface area contributed by atoms with Gasteiger partial charge in [0, 0.05) is 38.8 Å². The first-order valence-corrected chi connectivity index (χ1v) is 7.52. The summed E-state index contributed by atoms with van der Waals surface area (Å²) >= 11 is 0. The lowest BCUT2D eigenvalue weighted by Crippen LogP contribution is -2.39. The molecule has 2 heterocycles. The van der Waals surface area contributed by atoms with Gasteiger partial charge in [0.2, 0.25) is 0 Å². The van der Waals surface area contributed by atoms with Gasteiger partial charge in [0.05, 0.1) is 18.1 Å². The van der Waals surface area contributed by atoms with Gasteiger partial charge < -0.3 is 9.64 Å². The maximum atomic E-state index is 11.1. The van der Waals surface area contributed by atoms with E-state index in [-0.39, 0.29) is 10.6 Å². The number of anilines is 1. The van der Waals surface area contributed by atoms with Gasteiger partial charge in [-0.1, -0.05) is 12.1 Å². The highest BCUT2D eigenvalue weighted by atomic mass is 16.6. The summed E-state index contributed by atoms with van der Waals surface area (Å²) < 4.78 is 5.37. The molecule has 0 bridgehead atoms. The maximum Gasteiger partial charge on any atom is 0.292 e. The Morgan fingerprint density at radius 3 is 2.76 bits per heavy atom. The van der Waals surface area contributed by atoms with Gasteiger partial charge in [0.15, 0.2) is 0 Å². The van der Waals surface area contributed by atoms with Crippen LogP contribution in [0.1, 0.15) is 6.42 Å². The molecule has 0 saturated carbocycles. The molecule has 0 amide bonds. The lowest BCUT2D eigenvalue weighted by atomic mass is 10.1. The summed E-state index contributed by atoms with van der Waals surface area (Å²) in [6, 6.07) is 7.04. The Balaban J connectivity index is 1.63. The number of rotatable bonds is 4. The van der Waals surface area contributed by atoms with Gasteiger partial charge in [-0.15, -0.1) is 0 Å². The van der Waals surface area contributed by atoms with E-state index in [1.807, 2.05) is 12.1 Å². The number of benzene rings is 1. The summed E-state index contributed by atoms with van der Waals surface area (Å²) in [5, 5.41) is 11.1. The van der Waals surface area contributed by atoms with Crippen molar-refractivity contribution in [2.75, 3.05) is 50.8 Å². The third kappa shape index (κ3) is 3.33. The van der Waals surface area contributed by atoms with E-state index < -0.39 is 0 Å². The van der Waals surface area contributed by atoms with Crippen LogP contribution in [0.2, 0.25) is 0 Å². The molecule has 6 nitrogen and oxygen atoms in total. The van der Waals surface area contributed by atoms with Crippen molar-refractivity contribution < 1.29 is 9.66 Å². The second-order valence-corrected chi connectivity index (χ2v) is 5.76. The molecule has 0 N–H and O–H groups in total. The molecule has 1 atom stereocenters. The average Bonchev–Trinajstić information content (AvgIpc) is 2.96. The molecule has 21 heavy (non-hydrogen) atoms. The number of para-hydroxylation sites is 2. The molecule has 2 fully saturated rings. The molecule has 1 aromatic rings. The van der Waals surface area contributed by atoms with Crippen molar-refractivity contribution in [3.8, 4) is 0 Å². The standard InChI is InChI=1S/C15H21N3O3/c19-18(20)15-4-2-1-3-14(15)17-6-5-13(12-17)11-16-7-9-21-10-8-16/h1-4,13H,5-12H2/t13-/m1/s1. The fourth-order valence-corrected chi connectivity index (χ4v) is 3.24. The second kappa shape index (κ2) is 6.41. The van der Waals surface area contributed by atoms with E-state index in [4.69, 9.17) is 4.74 Å². The van der Waals surface area contributed by atoms with Gasteiger partial charge in [-0.25, -0.2) is 0 Å². The van der Waals surface area contributed by atoms with Gasteiger partial charge in [-0.2, -0.15) is 0 Å².